The smallest absolute Gasteiger partial charge is 0.104 e. The highest BCUT2D eigenvalue weighted by Crippen LogP contribution is 2.41. The third-order valence-electron chi connectivity index (χ3n) is 6.59. The van der Waals surface area contributed by atoms with Gasteiger partial charge in [-0.25, -0.2) is 0 Å². The van der Waals surface area contributed by atoms with E-state index < -0.39 is 0 Å². The molecule has 0 radical (unpaired) electrons. The summed E-state index contributed by atoms with van der Waals surface area (Å²) in [5.41, 5.74) is 2.81. The van der Waals surface area contributed by atoms with E-state index in [1.807, 2.05) is 0 Å². The zero-order chi connectivity index (χ0) is 22.6. The SMILES string of the molecule is CC(C)C1N(CCN(C(C)C)C(C)C)c2ccccc2N1CCN(C(C)C)C(C)C. The van der Waals surface area contributed by atoms with Gasteiger partial charge in [-0.2, -0.15) is 0 Å². The van der Waals surface area contributed by atoms with Crippen LogP contribution in [0.25, 0.3) is 0 Å². The van der Waals surface area contributed by atoms with Crippen LogP contribution in [0.1, 0.15) is 69.2 Å². The van der Waals surface area contributed by atoms with E-state index in [2.05, 4.69) is 113 Å². The molecule has 1 aliphatic heterocycles. The topological polar surface area (TPSA) is 13.0 Å². The molecular weight excluding hydrogens is 368 g/mol. The molecule has 30 heavy (non-hydrogen) atoms. The van der Waals surface area contributed by atoms with Gasteiger partial charge in [-0.05, 0) is 73.4 Å². The summed E-state index contributed by atoms with van der Waals surface area (Å²) < 4.78 is 0. The summed E-state index contributed by atoms with van der Waals surface area (Å²) in [6.45, 7) is 27.6. The van der Waals surface area contributed by atoms with Crippen LogP contribution in [0.15, 0.2) is 24.3 Å². The Hall–Kier alpha value is -1.26. The van der Waals surface area contributed by atoms with Gasteiger partial charge in [-0.3, -0.25) is 9.80 Å². The lowest BCUT2D eigenvalue weighted by atomic mass is 10.1. The number of hydrogen-bond donors (Lipinski definition) is 0. The molecule has 1 heterocycles. The monoisotopic (exact) mass is 416 g/mol. The Balaban J connectivity index is 2.26. The maximum absolute atomic E-state index is 2.67. The molecule has 1 aromatic carbocycles. The van der Waals surface area contributed by atoms with Crippen molar-refractivity contribution in [3.05, 3.63) is 24.3 Å². The molecule has 2 rings (SSSR count). The summed E-state index contributed by atoms with van der Waals surface area (Å²) in [5.74, 6) is 0.565. The van der Waals surface area contributed by atoms with Crippen molar-refractivity contribution in [3.8, 4) is 0 Å². The quantitative estimate of drug-likeness (QED) is 0.470. The summed E-state index contributed by atoms with van der Waals surface area (Å²) in [6, 6.07) is 11.3. The van der Waals surface area contributed by atoms with Gasteiger partial charge in [-0.15, -0.1) is 0 Å². The van der Waals surface area contributed by atoms with Crippen molar-refractivity contribution in [2.24, 2.45) is 5.92 Å². The van der Waals surface area contributed by atoms with Crippen LogP contribution in [0.5, 0.6) is 0 Å². The van der Waals surface area contributed by atoms with E-state index in [1.165, 1.54) is 11.4 Å². The Kier molecular flexibility index (Phi) is 9.05. The molecule has 0 N–H and O–H groups in total. The molecule has 1 aliphatic rings. The molecule has 172 valence electrons. The lowest BCUT2D eigenvalue weighted by Gasteiger charge is -2.40. The van der Waals surface area contributed by atoms with E-state index in [0.717, 1.165) is 26.2 Å². The summed E-state index contributed by atoms with van der Waals surface area (Å²) in [5, 5.41) is 0. The fraction of sp³-hybridized carbons (Fsp3) is 0.769. The third kappa shape index (κ3) is 5.70. The molecule has 1 aromatic rings. The minimum atomic E-state index is 0.421. The highest BCUT2D eigenvalue weighted by Gasteiger charge is 2.37. The Morgan fingerprint density at radius 3 is 1.23 bits per heavy atom. The first kappa shape index (κ1) is 25.0. The summed E-state index contributed by atoms with van der Waals surface area (Å²) in [6.07, 6.45) is 0.421. The number of nitrogens with zero attached hydrogens (tertiary/aromatic N) is 4. The number of rotatable bonds is 11. The van der Waals surface area contributed by atoms with Crippen molar-refractivity contribution >= 4 is 11.4 Å². The van der Waals surface area contributed by atoms with Crippen molar-refractivity contribution in [2.45, 2.75) is 99.6 Å². The maximum Gasteiger partial charge on any atom is 0.104 e. The molecular formula is C26H48N4. The van der Waals surface area contributed by atoms with Gasteiger partial charge >= 0.3 is 0 Å². The van der Waals surface area contributed by atoms with Gasteiger partial charge in [0.2, 0.25) is 0 Å². The maximum atomic E-state index is 2.67. The number of fused-ring (bicyclic) bond motifs is 1. The molecule has 4 heteroatoms. The minimum absolute atomic E-state index is 0.421. The molecule has 0 bridgehead atoms. The van der Waals surface area contributed by atoms with E-state index in [0.29, 0.717) is 36.3 Å². The van der Waals surface area contributed by atoms with Crippen LogP contribution in [-0.4, -0.2) is 66.3 Å². The fourth-order valence-corrected chi connectivity index (χ4v) is 5.30. The van der Waals surface area contributed by atoms with Gasteiger partial charge in [0, 0.05) is 50.3 Å². The first-order chi connectivity index (χ1) is 14.1. The molecule has 4 nitrogen and oxygen atoms in total. The summed E-state index contributed by atoms with van der Waals surface area (Å²) in [7, 11) is 0. The first-order valence-corrected chi connectivity index (χ1v) is 12.2. The normalized spacial score (nSPS) is 15.4. The molecule has 0 amide bonds. The van der Waals surface area contributed by atoms with Crippen LogP contribution in [0.4, 0.5) is 11.4 Å². The van der Waals surface area contributed by atoms with Crippen LogP contribution in [0.3, 0.4) is 0 Å². The van der Waals surface area contributed by atoms with Gasteiger partial charge in [0.1, 0.15) is 6.17 Å². The molecule has 0 aliphatic carbocycles. The van der Waals surface area contributed by atoms with E-state index in [1.54, 1.807) is 0 Å². The second-order valence-electron chi connectivity index (χ2n) is 10.4. The van der Waals surface area contributed by atoms with Crippen LogP contribution in [0.2, 0.25) is 0 Å². The van der Waals surface area contributed by atoms with Crippen LogP contribution in [-0.2, 0) is 0 Å². The predicted molar refractivity (Wildman–Crippen MR) is 134 cm³/mol. The van der Waals surface area contributed by atoms with Crippen molar-refractivity contribution in [3.63, 3.8) is 0 Å². The van der Waals surface area contributed by atoms with E-state index in [9.17, 15) is 0 Å². The second kappa shape index (κ2) is 10.9. The number of hydrogen-bond acceptors (Lipinski definition) is 4. The Bertz CT molecular complexity index is 571. The van der Waals surface area contributed by atoms with E-state index in [4.69, 9.17) is 0 Å². The third-order valence-corrected chi connectivity index (χ3v) is 6.59. The predicted octanol–water partition coefficient (Wildman–Crippen LogP) is 5.53. The first-order valence-electron chi connectivity index (χ1n) is 12.2. The van der Waals surface area contributed by atoms with Crippen LogP contribution in [0, 0.1) is 5.92 Å². The summed E-state index contributed by atoms with van der Waals surface area (Å²) >= 11 is 0. The lowest BCUT2D eigenvalue weighted by Crippen LogP contribution is -2.52. The van der Waals surface area contributed by atoms with Crippen molar-refractivity contribution in [1.82, 2.24) is 9.80 Å². The van der Waals surface area contributed by atoms with Gasteiger partial charge in [0.15, 0.2) is 0 Å². The minimum Gasteiger partial charge on any atom is -0.348 e. The van der Waals surface area contributed by atoms with Gasteiger partial charge in [0.25, 0.3) is 0 Å². The molecule has 0 atom stereocenters. The molecule has 0 spiro atoms. The average molecular weight is 417 g/mol. The molecule has 0 saturated carbocycles. The fourth-order valence-electron chi connectivity index (χ4n) is 5.30. The highest BCUT2D eigenvalue weighted by atomic mass is 15.4. The highest BCUT2D eigenvalue weighted by molar-refractivity contribution is 5.77. The molecule has 0 saturated heterocycles. The molecule has 0 fully saturated rings. The van der Waals surface area contributed by atoms with Crippen molar-refractivity contribution in [2.75, 3.05) is 36.0 Å². The van der Waals surface area contributed by atoms with Gasteiger partial charge < -0.3 is 9.80 Å². The van der Waals surface area contributed by atoms with Gasteiger partial charge in [-0.1, -0.05) is 26.0 Å². The Labute approximate surface area is 187 Å². The van der Waals surface area contributed by atoms with E-state index in [-0.39, 0.29) is 0 Å². The van der Waals surface area contributed by atoms with Gasteiger partial charge in [0.05, 0.1) is 11.4 Å². The molecule has 0 aromatic heterocycles. The molecule has 0 unspecified atom stereocenters. The van der Waals surface area contributed by atoms with Crippen molar-refractivity contribution in [1.29, 1.82) is 0 Å². The Morgan fingerprint density at radius 2 is 0.967 bits per heavy atom. The van der Waals surface area contributed by atoms with Crippen LogP contribution < -0.4 is 9.80 Å². The largest absolute Gasteiger partial charge is 0.348 e. The number of para-hydroxylation sites is 2. The number of benzene rings is 1. The average Bonchev–Trinajstić information content (AvgIpc) is 2.95. The Morgan fingerprint density at radius 1 is 0.633 bits per heavy atom. The number of anilines is 2. The standard InChI is InChI=1S/C26H48N4/c1-19(2)26-29(17-15-27(20(3)4)21(5)6)24-13-11-12-14-25(24)30(26)18-16-28(22(7)8)23(9)10/h11-14,19-23,26H,15-18H2,1-10H3. The summed E-state index contributed by atoms with van der Waals surface area (Å²) in [4.78, 5) is 10.6. The van der Waals surface area contributed by atoms with E-state index >= 15 is 0 Å². The van der Waals surface area contributed by atoms with Crippen LogP contribution >= 0.6 is 0 Å². The zero-order valence-corrected chi connectivity index (χ0v) is 21.4. The zero-order valence-electron chi connectivity index (χ0n) is 21.4. The lowest BCUT2D eigenvalue weighted by molar-refractivity contribution is 0.173. The second-order valence-corrected chi connectivity index (χ2v) is 10.4. The van der Waals surface area contributed by atoms with Crippen molar-refractivity contribution < 1.29 is 0 Å².